The first-order valence-corrected chi connectivity index (χ1v) is 8.81. The lowest BCUT2D eigenvalue weighted by Crippen LogP contribution is -2.45. The molecule has 9 nitrogen and oxygen atoms in total. The van der Waals surface area contributed by atoms with E-state index in [9.17, 15) is 14.3 Å². The maximum atomic E-state index is 14.0. The van der Waals surface area contributed by atoms with E-state index in [1.807, 2.05) is 14.1 Å². The van der Waals surface area contributed by atoms with Crippen molar-refractivity contribution in [1.29, 1.82) is 0 Å². The zero-order valence-corrected chi connectivity index (χ0v) is 15.7. The molecule has 1 aromatic carbocycles. The minimum absolute atomic E-state index is 0.0314. The molecule has 0 spiro atoms. The topological polar surface area (TPSA) is 108 Å². The van der Waals surface area contributed by atoms with Crippen molar-refractivity contribution in [2.24, 2.45) is 5.92 Å². The Hall–Kier alpha value is -2.98. The second-order valence-corrected chi connectivity index (χ2v) is 6.93. The third-order valence-corrected chi connectivity index (χ3v) is 4.37. The Morgan fingerprint density at radius 2 is 2.18 bits per heavy atom. The molecule has 1 atom stereocenters. The number of halogens is 1. The molecule has 0 aliphatic carbocycles. The van der Waals surface area contributed by atoms with E-state index in [0.29, 0.717) is 19.0 Å². The van der Waals surface area contributed by atoms with Crippen molar-refractivity contribution >= 4 is 17.6 Å². The number of hydrazine groups is 1. The van der Waals surface area contributed by atoms with Crippen molar-refractivity contribution < 1.29 is 19.0 Å². The highest BCUT2D eigenvalue weighted by Gasteiger charge is 2.32. The van der Waals surface area contributed by atoms with Gasteiger partial charge in [-0.3, -0.25) is 0 Å². The van der Waals surface area contributed by atoms with Gasteiger partial charge in [-0.25, -0.2) is 24.2 Å². The van der Waals surface area contributed by atoms with Crippen LogP contribution in [0.2, 0.25) is 0 Å². The van der Waals surface area contributed by atoms with Crippen LogP contribution in [-0.2, 0) is 0 Å². The maximum Gasteiger partial charge on any atom is 0.428 e. The second kappa shape index (κ2) is 8.36. The van der Waals surface area contributed by atoms with Gasteiger partial charge in [0, 0.05) is 37.5 Å². The summed E-state index contributed by atoms with van der Waals surface area (Å²) < 4.78 is 19.4. The van der Waals surface area contributed by atoms with Crippen LogP contribution in [-0.4, -0.2) is 64.8 Å². The summed E-state index contributed by atoms with van der Waals surface area (Å²) in [6.07, 6.45) is 0.907. The molecule has 1 aliphatic heterocycles. The Labute approximate surface area is 162 Å². The third kappa shape index (κ3) is 4.65. The van der Waals surface area contributed by atoms with Crippen LogP contribution in [0.15, 0.2) is 30.6 Å². The van der Waals surface area contributed by atoms with Gasteiger partial charge in [0.25, 0.3) is 0 Å². The summed E-state index contributed by atoms with van der Waals surface area (Å²) in [6, 6.07) is 5.38. The SMILES string of the molecule is CN(C)C[C@H]1CCN(N(C(=O)O)c2cc(Oc3ccc(N)cc3F)ncn2)C1. The van der Waals surface area contributed by atoms with E-state index in [1.165, 1.54) is 24.5 Å². The van der Waals surface area contributed by atoms with Crippen LogP contribution in [0.3, 0.4) is 0 Å². The van der Waals surface area contributed by atoms with Gasteiger partial charge in [-0.05, 0) is 38.6 Å². The molecule has 1 amide bonds. The van der Waals surface area contributed by atoms with Crippen molar-refractivity contribution in [1.82, 2.24) is 19.9 Å². The number of carboxylic acid groups (broad SMARTS) is 1. The lowest BCUT2D eigenvalue weighted by atomic mass is 10.1. The van der Waals surface area contributed by atoms with Crippen molar-refractivity contribution in [2.75, 3.05) is 44.5 Å². The van der Waals surface area contributed by atoms with Crippen LogP contribution in [0.4, 0.5) is 20.7 Å². The van der Waals surface area contributed by atoms with Gasteiger partial charge in [0.05, 0.1) is 0 Å². The Morgan fingerprint density at radius 3 is 2.86 bits per heavy atom. The summed E-state index contributed by atoms with van der Waals surface area (Å²) in [5.74, 6) is -0.171. The minimum Gasteiger partial charge on any atom is -0.464 e. The fourth-order valence-electron chi connectivity index (χ4n) is 3.24. The molecular formula is C18H23FN6O3. The highest BCUT2D eigenvalue weighted by atomic mass is 19.1. The number of amides is 1. The fraction of sp³-hybridized carbons (Fsp3) is 0.389. The van der Waals surface area contributed by atoms with Crippen LogP contribution in [0, 0.1) is 11.7 Å². The van der Waals surface area contributed by atoms with Crippen LogP contribution in [0.25, 0.3) is 0 Å². The third-order valence-electron chi connectivity index (χ3n) is 4.37. The summed E-state index contributed by atoms with van der Waals surface area (Å²) in [7, 11) is 3.98. The molecule has 3 N–H and O–H groups in total. The summed E-state index contributed by atoms with van der Waals surface area (Å²) in [4.78, 5) is 22.0. The van der Waals surface area contributed by atoms with Crippen molar-refractivity contribution in [3.05, 3.63) is 36.4 Å². The molecule has 1 fully saturated rings. The Morgan fingerprint density at radius 1 is 1.39 bits per heavy atom. The first kappa shape index (κ1) is 19.8. The molecule has 10 heteroatoms. The Kier molecular flexibility index (Phi) is 5.90. The highest BCUT2D eigenvalue weighted by Crippen LogP contribution is 2.28. The monoisotopic (exact) mass is 390 g/mol. The van der Waals surface area contributed by atoms with E-state index in [-0.39, 0.29) is 23.1 Å². The van der Waals surface area contributed by atoms with Crippen LogP contribution in [0.1, 0.15) is 6.42 Å². The van der Waals surface area contributed by atoms with Crippen molar-refractivity contribution in [2.45, 2.75) is 6.42 Å². The van der Waals surface area contributed by atoms with Crippen molar-refractivity contribution in [3.63, 3.8) is 0 Å². The summed E-state index contributed by atoms with van der Waals surface area (Å²) >= 11 is 0. The summed E-state index contributed by atoms with van der Waals surface area (Å²) in [6.45, 7) is 2.06. The fourth-order valence-corrected chi connectivity index (χ4v) is 3.24. The van der Waals surface area contributed by atoms with Crippen LogP contribution < -0.4 is 15.5 Å². The number of aromatic nitrogens is 2. The molecule has 1 saturated heterocycles. The molecule has 2 aromatic rings. The quantitative estimate of drug-likeness (QED) is 0.723. The summed E-state index contributed by atoms with van der Waals surface area (Å²) in [5.41, 5.74) is 5.80. The highest BCUT2D eigenvalue weighted by molar-refractivity contribution is 5.83. The predicted molar refractivity (Wildman–Crippen MR) is 102 cm³/mol. The molecule has 0 radical (unpaired) electrons. The molecule has 150 valence electrons. The van der Waals surface area contributed by atoms with Gasteiger partial charge in [0.2, 0.25) is 5.88 Å². The molecule has 3 rings (SSSR count). The Balaban J connectivity index is 1.79. The number of hydrogen-bond donors (Lipinski definition) is 2. The van der Waals surface area contributed by atoms with Crippen LogP contribution >= 0.6 is 0 Å². The standard InChI is InChI=1S/C18H23FN6O3/c1-23(2)9-12-5-6-24(10-12)25(18(26)27)16-8-17(22-11-21-16)28-15-4-3-13(20)7-14(15)19/h3-4,7-8,11-12H,5-6,9-10,20H2,1-2H3,(H,26,27)/t12-/m1/s1. The zero-order chi connectivity index (χ0) is 20.3. The molecule has 0 saturated carbocycles. The average Bonchev–Trinajstić information content (AvgIpc) is 3.05. The van der Waals surface area contributed by atoms with E-state index in [2.05, 4.69) is 14.9 Å². The molecule has 0 bridgehead atoms. The van der Waals surface area contributed by atoms with Gasteiger partial charge in [0.1, 0.15) is 6.33 Å². The zero-order valence-electron chi connectivity index (χ0n) is 15.7. The van der Waals surface area contributed by atoms with E-state index in [1.54, 1.807) is 5.01 Å². The van der Waals surface area contributed by atoms with E-state index in [4.69, 9.17) is 10.5 Å². The van der Waals surface area contributed by atoms with Gasteiger partial charge in [0.15, 0.2) is 17.4 Å². The normalized spacial score (nSPS) is 17.1. The lowest BCUT2D eigenvalue weighted by molar-refractivity contribution is 0.175. The number of nitrogens with two attached hydrogens (primary N) is 1. The van der Waals surface area contributed by atoms with Gasteiger partial charge >= 0.3 is 6.09 Å². The molecule has 28 heavy (non-hydrogen) atoms. The van der Waals surface area contributed by atoms with E-state index < -0.39 is 11.9 Å². The maximum absolute atomic E-state index is 14.0. The number of anilines is 2. The molecule has 1 aliphatic rings. The van der Waals surface area contributed by atoms with E-state index >= 15 is 0 Å². The van der Waals surface area contributed by atoms with Crippen LogP contribution in [0.5, 0.6) is 11.6 Å². The average molecular weight is 390 g/mol. The molecule has 2 heterocycles. The number of benzene rings is 1. The van der Waals surface area contributed by atoms with Gasteiger partial charge in [-0.15, -0.1) is 0 Å². The van der Waals surface area contributed by atoms with Gasteiger partial charge in [-0.2, -0.15) is 5.01 Å². The van der Waals surface area contributed by atoms with E-state index in [0.717, 1.165) is 24.0 Å². The van der Waals surface area contributed by atoms with Gasteiger partial charge in [-0.1, -0.05) is 0 Å². The second-order valence-electron chi connectivity index (χ2n) is 6.93. The largest absolute Gasteiger partial charge is 0.464 e. The number of rotatable bonds is 6. The first-order valence-electron chi connectivity index (χ1n) is 8.81. The lowest BCUT2D eigenvalue weighted by Gasteiger charge is -2.28. The number of nitrogen functional groups attached to an aromatic ring is 1. The van der Waals surface area contributed by atoms with Gasteiger partial charge < -0.3 is 20.5 Å². The Bertz CT molecular complexity index is 850. The van der Waals surface area contributed by atoms with Crippen molar-refractivity contribution in [3.8, 4) is 11.6 Å². The predicted octanol–water partition coefficient (Wildman–Crippen LogP) is 2.27. The first-order chi connectivity index (χ1) is 13.3. The molecule has 0 unspecified atom stereocenters. The number of ether oxygens (including phenoxy) is 1. The number of hydrogen-bond acceptors (Lipinski definition) is 7. The molecule has 1 aromatic heterocycles. The number of nitrogens with zero attached hydrogens (tertiary/aromatic N) is 5. The number of carbonyl (C=O) groups is 1. The molecular weight excluding hydrogens is 367 g/mol. The summed E-state index contributed by atoms with van der Waals surface area (Å²) in [5, 5.41) is 12.5. The minimum atomic E-state index is -1.16. The smallest absolute Gasteiger partial charge is 0.428 e.